The second-order valence-corrected chi connectivity index (χ2v) is 12.5. The molecule has 1 atom stereocenters. The number of aromatic nitrogens is 1. The molecule has 3 aromatic rings. The topological polar surface area (TPSA) is 126 Å². The Labute approximate surface area is 282 Å². The molecule has 1 saturated heterocycles. The Balaban J connectivity index is 1.45. The molecule has 0 spiro atoms. The number of rotatable bonds is 6. The van der Waals surface area contributed by atoms with Crippen molar-refractivity contribution in [1.29, 1.82) is 0 Å². The van der Waals surface area contributed by atoms with Crippen LogP contribution in [0, 0.1) is 5.92 Å². The highest BCUT2D eigenvalue weighted by molar-refractivity contribution is 5.98. The maximum Gasteiger partial charge on any atom is 0.254 e. The number of carbonyl (C=O) groups is 3. The molecule has 12 heteroatoms. The largest absolute Gasteiger partial charge is 0.493 e. The van der Waals surface area contributed by atoms with Gasteiger partial charge in [-0.2, -0.15) is 0 Å². The van der Waals surface area contributed by atoms with E-state index in [1.165, 1.54) is 6.92 Å². The average molecular weight is 661 g/mol. The summed E-state index contributed by atoms with van der Waals surface area (Å²) in [6.45, 7) is 8.47. The van der Waals surface area contributed by atoms with Gasteiger partial charge in [-0.05, 0) is 69.0 Å². The number of ether oxygens (including phenoxy) is 3. The van der Waals surface area contributed by atoms with Crippen molar-refractivity contribution in [3.63, 3.8) is 0 Å². The van der Waals surface area contributed by atoms with Gasteiger partial charge < -0.3 is 34.6 Å². The highest BCUT2D eigenvalue weighted by Crippen LogP contribution is 2.44. The number of benzene rings is 2. The maximum absolute atomic E-state index is 13.7. The van der Waals surface area contributed by atoms with E-state index in [2.05, 4.69) is 33.4 Å². The first-order chi connectivity index (χ1) is 23.2. The molecule has 48 heavy (non-hydrogen) atoms. The van der Waals surface area contributed by atoms with Crippen molar-refractivity contribution < 1.29 is 28.6 Å². The van der Waals surface area contributed by atoms with Gasteiger partial charge in [0.05, 0.1) is 33.4 Å². The fourth-order valence-corrected chi connectivity index (χ4v) is 6.72. The van der Waals surface area contributed by atoms with Crippen LogP contribution in [-0.2, 0) is 16.1 Å². The minimum Gasteiger partial charge on any atom is -0.493 e. The van der Waals surface area contributed by atoms with E-state index in [9.17, 15) is 14.4 Å². The SMILES string of the molecule is CCN1CCCCN(C(=O)c2cccc(NC(C)=O)c2)CC(=O)NCC2CCCN(C2)c2nc3cc(OC)c(OC)c(OC)c3cc2C1. The third-order valence-corrected chi connectivity index (χ3v) is 9.13. The molecule has 258 valence electrons. The van der Waals surface area contributed by atoms with Crippen LogP contribution in [-0.4, -0.2) is 99.6 Å². The van der Waals surface area contributed by atoms with E-state index in [0.29, 0.717) is 48.1 Å². The van der Waals surface area contributed by atoms with E-state index in [1.807, 2.05) is 6.07 Å². The maximum atomic E-state index is 13.7. The zero-order chi connectivity index (χ0) is 34.2. The first kappa shape index (κ1) is 34.7. The van der Waals surface area contributed by atoms with Crippen LogP contribution in [0.25, 0.3) is 10.9 Å². The van der Waals surface area contributed by atoms with Gasteiger partial charge in [-0.15, -0.1) is 0 Å². The number of nitrogens with one attached hydrogen (secondary N) is 2. The zero-order valence-electron chi connectivity index (χ0n) is 28.8. The fourth-order valence-electron chi connectivity index (χ4n) is 6.72. The van der Waals surface area contributed by atoms with Crippen LogP contribution < -0.4 is 29.7 Å². The van der Waals surface area contributed by atoms with E-state index in [0.717, 1.165) is 74.1 Å². The summed E-state index contributed by atoms with van der Waals surface area (Å²) in [7, 11) is 4.84. The number of carbonyl (C=O) groups excluding carboxylic acids is 3. The molecule has 1 fully saturated rings. The number of hydrogen-bond acceptors (Lipinski definition) is 9. The van der Waals surface area contributed by atoms with Crippen molar-refractivity contribution in [1.82, 2.24) is 20.1 Å². The number of methoxy groups -OCH3 is 3. The Morgan fingerprint density at radius 2 is 1.77 bits per heavy atom. The van der Waals surface area contributed by atoms with Gasteiger partial charge >= 0.3 is 0 Å². The van der Waals surface area contributed by atoms with Gasteiger partial charge in [0.25, 0.3) is 5.91 Å². The van der Waals surface area contributed by atoms with E-state index >= 15 is 0 Å². The first-order valence-electron chi connectivity index (χ1n) is 16.8. The molecule has 12 nitrogen and oxygen atoms in total. The average Bonchev–Trinajstić information content (AvgIpc) is 3.09. The number of hydrogen-bond donors (Lipinski definition) is 2. The van der Waals surface area contributed by atoms with E-state index in [-0.39, 0.29) is 30.2 Å². The number of pyridine rings is 1. The zero-order valence-corrected chi connectivity index (χ0v) is 28.8. The van der Waals surface area contributed by atoms with E-state index < -0.39 is 0 Å². The van der Waals surface area contributed by atoms with Crippen LogP contribution in [0.2, 0.25) is 0 Å². The second-order valence-electron chi connectivity index (χ2n) is 12.5. The molecule has 0 radical (unpaired) electrons. The van der Waals surface area contributed by atoms with E-state index in [1.54, 1.807) is 50.5 Å². The van der Waals surface area contributed by atoms with Crippen molar-refractivity contribution in [2.45, 2.75) is 46.1 Å². The summed E-state index contributed by atoms with van der Waals surface area (Å²) in [5.74, 6) is 2.22. The molecule has 1 unspecified atom stereocenters. The summed E-state index contributed by atoms with van der Waals surface area (Å²) >= 11 is 0. The second kappa shape index (κ2) is 16.0. The van der Waals surface area contributed by atoms with Crippen LogP contribution in [0.15, 0.2) is 36.4 Å². The molecule has 1 aromatic heterocycles. The molecule has 3 amide bonds. The van der Waals surface area contributed by atoms with Gasteiger partial charge in [0.1, 0.15) is 5.82 Å². The third kappa shape index (κ3) is 8.10. The Bertz CT molecular complexity index is 1630. The van der Waals surface area contributed by atoms with Gasteiger partial charge in [-0.1, -0.05) is 13.0 Å². The Hall–Kier alpha value is -4.58. The van der Waals surface area contributed by atoms with Crippen molar-refractivity contribution in [2.75, 3.05) is 77.4 Å². The summed E-state index contributed by atoms with van der Waals surface area (Å²) in [6.07, 6.45) is 3.52. The minimum absolute atomic E-state index is 0.0272. The monoisotopic (exact) mass is 660 g/mol. The smallest absolute Gasteiger partial charge is 0.254 e. The van der Waals surface area contributed by atoms with Crippen LogP contribution in [0.4, 0.5) is 11.5 Å². The number of nitrogens with zero attached hydrogens (tertiary/aromatic N) is 4. The molecular formula is C36H48N6O6. The van der Waals surface area contributed by atoms with Crippen molar-refractivity contribution in [3.05, 3.63) is 47.5 Å². The molecule has 0 saturated carbocycles. The molecule has 2 aromatic carbocycles. The van der Waals surface area contributed by atoms with Crippen molar-refractivity contribution >= 4 is 40.1 Å². The number of anilines is 2. The molecule has 2 N–H and O–H groups in total. The Morgan fingerprint density at radius 3 is 2.50 bits per heavy atom. The van der Waals surface area contributed by atoms with E-state index in [4.69, 9.17) is 19.2 Å². The summed E-state index contributed by atoms with van der Waals surface area (Å²) in [5, 5.41) is 6.71. The summed E-state index contributed by atoms with van der Waals surface area (Å²) in [4.78, 5) is 50.1. The molecule has 2 aliphatic heterocycles. The summed E-state index contributed by atoms with van der Waals surface area (Å²) in [5.41, 5.74) is 2.85. The first-order valence-corrected chi connectivity index (χ1v) is 16.8. The molecule has 2 bridgehead atoms. The molecule has 5 rings (SSSR count). The standard InChI is InChI=1S/C36H48N6O6/c1-6-40-14-7-8-15-42(36(45)26-12-9-13-28(17-26)38-24(2)43)23-32(44)37-20-25-11-10-16-41(21-25)35-27(22-40)18-29-30(39-35)19-31(46-3)34(48-5)33(29)47-4/h9,12-13,17-19,25H,6-8,10-11,14-16,20-23H2,1-5H3,(H,37,44)(H,38,43). The van der Waals surface area contributed by atoms with Crippen LogP contribution >= 0.6 is 0 Å². The molecule has 3 heterocycles. The Kier molecular flexibility index (Phi) is 11.6. The number of fused-ring (bicyclic) bond motifs is 5. The van der Waals surface area contributed by atoms with Crippen LogP contribution in [0.1, 0.15) is 55.5 Å². The van der Waals surface area contributed by atoms with Gasteiger partial charge in [-0.3, -0.25) is 19.3 Å². The lowest BCUT2D eigenvalue weighted by Gasteiger charge is -2.36. The lowest BCUT2D eigenvalue weighted by Crippen LogP contribution is -2.45. The van der Waals surface area contributed by atoms with Crippen LogP contribution in [0.3, 0.4) is 0 Å². The molecule has 0 aliphatic carbocycles. The minimum atomic E-state index is -0.234. The molecule has 2 aliphatic rings. The lowest BCUT2D eigenvalue weighted by molar-refractivity contribution is -0.122. The van der Waals surface area contributed by atoms with Crippen molar-refractivity contribution in [3.8, 4) is 17.2 Å². The quantitative estimate of drug-likeness (QED) is 0.398. The molecular weight excluding hydrogens is 612 g/mol. The Morgan fingerprint density at radius 1 is 0.979 bits per heavy atom. The number of amides is 3. The normalized spacial score (nSPS) is 18.1. The van der Waals surface area contributed by atoms with Gasteiger partial charge in [-0.25, -0.2) is 4.98 Å². The summed E-state index contributed by atoms with van der Waals surface area (Å²) < 4.78 is 17.2. The lowest BCUT2D eigenvalue weighted by atomic mass is 9.97. The number of piperidine rings is 1. The van der Waals surface area contributed by atoms with Gasteiger partial charge in [0.15, 0.2) is 11.5 Å². The van der Waals surface area contributed by atoms with Gasteiger partial charge in [0.2, 0.25) is 17.6 Å². The van der Waals surface area contributed by atoms with Crippen molar-refractivity contribution in [2.24, 2.45) is 5.92 Å². The van der Waals surface area contributed by atoms with Crippen LogP contribution in [0.5, 0.6) is 17.2 Å². The predicted octanol–water partition coefficient (Wildman–Crippen LogP) is 4.31. The highest BCUT2D eigenvalue weighted by Gasteiger charge is 2.27. The third-order valence-electron chi connectivity index (χ3n) is 9.13. The highest BCUT2D eigenvalue weighted by atomic mass is 16.5. The van der Waals surface area contributed by atoms with Gasteiger partial charge in [0, 0.05) is 67.9 Å². The summed E-state index contributed by atoms with van der Waals surface area (Å²) in [6, 6.07) is 10.9. The predicted molar refractivity (Wildman–Crippen MR) is 186 cm³/mol. The fraction of sp³-hybridized carbons (Fsp3) is 0.500.